The van der Waals surface area contributed by atoms with Gasteiger partial charge in [-0.05, 0) is 32.3 Å². The first-order chi connectivity index (χ1) is 10.1. The van der Waals surface area contributed by atoms with Crippen molar-refractivity contribution in [3.8, 4) is 0 Å². The highest BCUT2D eigenvalue weighted by molar-refractivity contribution is 5.16. The van der Waals surface area contributed by atoms with E-state index in [-0.39, 0.29) is 5.54 Å². The highest BCUT2D eigenvalue weighted by Gasteiger charge is 2.32. The highest BCUT2D eigenvalue weighted by Crippen LogP contribution is 2.18. The predicted molar refractivity (Wildman–Crippen MR) is 88.7 cm³/mol. The van der Waals surface area contributed by atoms with Gasteiger partial charge >= 0.3 is 0 Å². The molecule has 1 aliphatic heterocycles. The molecule has 1 atom stereocenters. The molecule has 0 saturated carbocycles. The van der Waals surface area contributed by atoms with Crippen LogP contribution in [0.15, 0.2) is 30.3 Å². The zero-order valence-electron chi connectivity index (χ0n) is 13.8. The van der Waals surface area contributed by atoms with Crippen LogP contribution in [-0.4, -0.2) is 49.3 Å². The Bertz CT molecular complexity index is 405. The average molecular weight is 290 g/mol. The van der Waals surface area contributed by atoms with E-state index in [1.54, 1.807) is 0 Å². The van der Waals surface area contributed by atoms with Crippen LogP contribution in [0.2, 0.25) is 0 Å². The standard InChI is InChI=1S/C18H30N2O/c1-4-11-21-12-10-20-15-18(2,3)19-14-17(20)13-16-8-6-5-7-9-16/h5-9,17,19H,4,10-15H2,1-3H3. The van der Waals surface area contributed by atoms with Crippen LogP contribution in [-0.2, 0) is 11.2 Å². The maximum absolute atomic E-state index is 5.69. The third-order valence-corrected chi connectivity index (χ3v) is 4.12. The number of rotatable bonds is 7. The van der Waals surface area contributed by atoms with Crippen molar-refractivity contribution in [1.82, 2.24) is 10.2 Å². The number of hydrogen-bond donors (Lipinski definition) is 1. The van der Waals surface area contributed by atoms with Crippen LogP contribution in [0.3, 0.4) is 0 Å². The van der Waals surface area contributed by atoms with Crippen molar-refractivity contribution in [3.05, 3.63) is 35.9 Å². The number of nitrogens with one attached hydrogen (secondary N) is 1. The van der Waals surface area contributed by atoms with Gasteiger partial charge < -0.3 is 10.1 Å². The summed E-state index contributed by atoms with van der Waals surface area (Å²) in [5.74, 6) is 0. The van der Waals surface area contributed by atoms with E-state index in [2.05, 4.69) is 61.3 Å². The molecule has 0 spiro atoms. The van der Waals surface area contributed by atoms with E-state index in [0.717, 1.165) is 45.7 Å². The first kappa shape index (κ1) is 16.5. The monoisotopic (exact) mass is 290 g/mol. The van der Waals surface area contributed by atoms with Gasteiger partial charge in [0.2, 0.25) is 0 Å². The van der Waals surface area contributed by atoms with Crippen LogP contribution in [0.1, 0.15) is 32.8 Å². The van der Waals surface area contributed by atoms with Crippen molar-refractivity contribution in [3.63, 3.8) is 0 Å². The van der Waals surface area contributed by atoms with Crippen LogP contribution in [0, 0.1) is 0 Å². The maximum Gasteiger partial charge on any atom is 0.0593 e. The Hall–Kier alpha value is -0.900. The second kappa shape index (κ2) is 7.92. The lowest BCUT2D eigenvalue weighted by atomic mass is 9.95. The third-order valence-electron chi connectivity index (χ3n) is 4.12. The van der Waals surface area contributed by atoms with Crippen LogP contribution in [0.5, 0.6) is 0 Å². The molecule has 3 nitrogen and oxygen atoms in total. The number of benzene rings is 1. The summed E-state index contributed by atoms with van der Waals surface area (Å²) in [5, 5.41) is 3.68. The van der Waals surface area contributed by atoms with Crippen molar-refractivity contribution in [1.29, 1.82) is 0 Å². The number of hydrogen-bond acceptors (Lipinski definition) is 3. The molecule has 0 aromatic heterocycles. The summed E-state index contributed by atoms with van der Waals surface area (Å²) in [4.78, 5) is 2.60. The molecule has 118 valence electrons. The van der Waals surface area contributed by atoms with Crippen molar-refractivity contribution in [2.75, 3.05) is 32.8 Å². The average Bonchev–Trinajstić information content (AvgIpc) is 2.47. The van der Waals surface area contributed by atoms with E-state index in [4.69, 9.17) is 4.74 Å². The number of piperazine rings is 1. The Morgan fingerprint density at radius 1 is 1.24 bits per heavy atom. The zero-order chi connectivity index (χ0) is 15.1. The Morgan fingerprint density at radius 2 is 2.00 bits per heavy atom. The number of ether oxygens (including phenoxy) is 1. The Kier molecular flexibility index (Phi) is 6.22. The molecule has 1 fully saturated rings. The van der Waals surface area contributed by atoms with Crippen LogP contribution in [0.25, 0.3) is 0 Å². The van der Waals surface area contributed by atoms with E-state index in [9.17, 15) is 0 Å². The first-order valence-electron chi connectivity index (χ1n) is 8.21. The molecule has 0 radical (unpaired) electrons. The van der Waals surface area contributed by atoms with Crippen LogP contribution < -0.4 is 5.32 Å². The summed E-state index contributed by atoms with van der Waals surface area (Å²) in [7, 11) is 0. The summed E-state index contributed by atoms with van der Waals surface area (Å²) in [6.45, 7) is 11.6. The SMILES string of the molecule is CCCOCCN1CC(C)(C)NCC1Cc1ccccc1. The second-order valence-corrected chi connectivity index (χ2v) is 6.69. The summed E-state index contributed by atoms with van der Waals surface area (Å²) in [5.41, 5.74) is 1.61. The minimum atomic E-state index is 0.192. The second-order valence-electron chi connectivity index (χ2n) is 6.69. The Labute approximate surface area is 129 Å². The zero-order valence-corrected chi connectivity index (χ0v) is 13.8. The van der Waals surface area contributed by atoms with Crippen molar-refractivity contribution in [2.45, 2.75) is 45.2 Å². The summed E-state index contributed by atoms with van der Waals surface area (Å²) in [6, 6.07) is 11.4. The van der Waals surface area contributed by atoms with Gasteiger partial charge in [-0.25, -0.2) is 0 Å². The molecule has 2 rings (SSSR count). The van der Waals surface area contributed by atoms with Gasteiger partial charge in [-0.1, -0.05) is 37.3 Å². The van der Waals surface area contributed by atoms with E-state index in [0.29, 0.717) is 6.04 Å². The molecule has 3 heteroatoms. The lowest BCUT2D eigenvalue weighted by Crippen LogP contribution is -2.62. The van der Waals surface area contributed by atoms with E-state index >= 15 is 0 Å². The molecule has 1 N–H and O–H groups in total. The van der Waals surface area contributed by atoms with Crippen molar-refractivity contribution < 1.29 is 4.74 Å². The van der Waals surface area contributed by atoms with Crippen LogP contribution in [0.4, 0.5) is 0 Å². The molecule has 0 aliphatic carbocycles. The maximum atomic E-state index is 5.69. The van der Waals surface area contributed by atoms with Gasteiger partial charge in [0.25, 0.3) is 0 Å². The smallest absolute Gasteiger partial charge is 0.0593 e. The predicted octanol–water partition coefficient (Wildman–Crippen LogP) is 2.71. The van der Waals surface area contributed by atoms with Crippen LogP contribution >= 0.6 is 0 Å². The molecule has 1 unspecified atom stereocenters. The normalized spacial score (nSPS) is 22.3. The fourth-order valence-corrected chi connectivity index (χ4v) is 2.99. The molecule has 1 saturated heterocycles. The molecule has 0 bridgehead atoms. The summed E-state index contributed by atoms with van der Waals surface area (Å²) >= 11 is 0. The Morgan fingerprint density at radius 3 is 2.71 bits per heavy atom. The number of nitrogens with zero attached hydrogens (tertiary/aromatic N) is 1. The van der Waals surface area contributed by atoms with Gasteiger partial charge in [-0.15, -0.1) is 0 Å². The molecule has 21 heavy (non-hydrogen) atoms. The molecule has 0 amide bonds. The fourth-order valence-electron chi connectivity index (χ4n) is 2.99. The Balaban J connectivity index is 1.92. The van der Waals surface area contributed by atoms with Gasteiger partial charge in [0.15, 0.2) is 0 Å². The first-order valence-corrected chi connectivity index (χ1v) is 8.21. The lowest BCUT2D eigenvalue weighted by Gasteiger charge is -2.44. The molecule has 1 aliphatic rings. The van der Waals surface area contributed by atoms with Gasteiger partial charge in [0, 0.05) is 37.8 Å². The van der Waals surface area contributed by atoms with Crippen molar-refractivity contribution in [2.24, 2.45) is 0 Å². The quantitative estimate of drug-likeness (QED) is 0.782. The summed E-state index contributed by atoms with van der Waals surface area (Å²) in [6.07, 6.45) is 2.21. The van der Waals surface area contributed by atoms with Gasteiger partial charge in [0.05, 0.1) is 6.61 Å². The largest absolute Gasteiger partial charge is 0.380 e. The minimum Gasteiger partial charge on any atom is -0.380 e. The summed E-state index contributed by atoms with van der Waals surface area (Å²) < 4.78 is 5.69. The van der Waals surface area contributed by atoms with E-state index in [1.807, 2.05) is 0 Å². The van der Waals surface area contributed by atoms with Gasteiger partial charge in [-0.3, -0.25) is 4.90 Å². The third kappa shape index (κ3) is 5.42. The molecule has 1 aromatic rings. The lowest BCUT2D eigenvalue weighted by molar-refractivity contribution is 0.0495. The molecule has 1 aromatic carbocycles. The molecule has 1 heterocycles. The van der Waals surface area contributed by atoms with Gasteiger partial charge in [-0.2, -0.15) is 0 Å². The van der Waals surface area contributed by atoms with Gasteiger partial charge in [0.1, 0.15) is 0 Å². The molecular formula is C18H30N2O. The highest BCUT2D eigenvalue weighted by atomic mass is 16.5. The van der Waals surface area contributed by atoms with E-state index in [1.165, 1.54) is 5.56 Å². The topological polar surface area (TPSA) is 24.5 Å². The minimum absolute atomic E-state index is 0.192. The van der Waals surface area contributed by atoms with E-state index < -0.39 is 0 Å². The molecular weight excluding hydrogens is 260 g/mol. The van der Waals surface area contributed by atoms with Crippen molar-refractivity contribution >= 4 is 0 Å². The fraction of sp³-hybridized carbons (Fsp3) is 0.667.